The minimum Gasteiger partial charge on any atom is -0.381 e. The summed E-state index contributed by atoms with van der Waals surface area (Å²) in [6.07, 6.45) is 10.5. The van der Waals surface area contributed by atoms with Crippen molar-refractivity contribution in [2.24, 2.45) is 17.8 Å². The molecule has 10 heteroatoms. The highest BCUT2D eigenvalue weighted by Gasteiger charge is 2.31. The Morgan fingerprint density at radius 3 is 2.71 bits per heavy atom. The van der Waals surface area contributed by atoms with Crippen LogP contribution in [0.1, 0.15) is 37.8 Å². The van der Waals surface area contributed by atoms with Crippen LogP contribution in [0.2, 0.25) is 5.02 Å². The molecule has 1 aliphatic carbocycles. The Balaban J connectivity index is 1.40. The van der Waals surface area contributed by atoms with Gasteiger partial charge in [-0.2, -0.15) is 0 Å². The van der Waals surface area contributed by atoms with Gasteiger partial charge in [0.2, 0.25) is 0 Å². The third-order valence-electron chi connectivity index (χ3n) is 6.63. The molecule has 0 spiro atoms. The van der Waals surface area contributed by atoms with E-state index in [0.29, 0.717) is 40.1 Å². The molecule has 2 fully saturated rings. The fraction of sp³-hybridized carbons (Fsp3) is 0.583. The van der Waals surface area contributed by atoms with Crippen LogP contribution in [-0.2, 0) is 25.8 Å². The first-order chi connectivity index (χ1) is 16.3. The molecule has 0 aromatic carbocycles. The molecule has 2 aromatic heterocycles. The van der Waals surface area contributed by atoms with Gasteiger partial charge in [0, 0.05) is 55.8 Å². The third-order valence-corrected chi connectivity index (χ3v) is 8.00. The van der Waals surface area contributed by atoms with Crippen molar-refractivity contribution < 1.29 is 17.9 Å². The van der Waals surface area contributed by atoms with Gasteiger partial charge in [-0.3, -0.25) is 14.8 Å². The molecule has 3 heterocycles. The maximum atomic E-state index is 12.9. The second-order valence-corrected chi connectivity index (χ2v) is 12.1. The summed E-state index contributed by atoms with van der Waals surface area (Å²) in [5, 5.41) is 3.81. The predicted octanol–water partition coefficient (Wildman–Crippen LogP) is 3.60. The van der Waals surface area contributed by atoms with Crippen molar-refractivity contribution in [2.75, 3.05) is 37.1 Å². The average Bonchev–Trinajstić information content (AvgIpc) is 3.27. The molecule has 2 atom stereocenters. The van der Waals surface area contributed by atoms with E-state index in [9.17, 15) is 13.2 Å². The number of Topliss-reactive ketones (excluding diaryl/α,β-unsaturated/α-hetero) is 1. The van der Waals surface area contributed by atoms with Crippen molar-refractivity contribution in [3.8, 4) is 11.3 Å². The molecule has 1 N–H and O–H groups in total. The van der Waals surface area contributed by atoms with E-state index >= 15 is 0 Å². The summed E-state index contributed by atoms with van der Waals surface area (Å²) >= 11 is 6.42. The molecule has 2 aromatic rings. The summed E-state index contributed by atoms with van der Waals surface area (Å²) < 4.78 is 28.6. The summed E-state index contributed by atoms with van der Waals surface area (Å²) in [5.74, 6) is 1.41. The van der Waals surface area contributed by atoms with E-state index in [0.717, 1.165) is 45.4 Å². The van der Waals surface area contributed by atoms with E-state index < -0.39 is 9.84 Å². The lowest BCUT2D eigenvalue weighted by atomic mass is 9.97. The lowest BCUT2D eigenvalue weighted by Crippen LogP contribution is -2.23. The maximum absolute atomic E-state index is 12.9. The summed E-state index contributed by atoms with van der Waals surface area (Å²) in [5.41, 5.74) is 1.92. The van der Waals surface area contributed by atoms with Crippen LogP contribution in [0.25, 0.3) is 11.3 Å². The van der Waals surface area contributed by atoms with Crippen LogP contribution >= 0.6 is 11.6 Å². The molecular formula is C24H31ClN4O4S. The molecule has 1 saturated carbocycles. The van der Waals surface area contributed by atoms with E-state index in [2.05, 4.69) is 20.3 Å². The van der Waals surface area contributed by atoms with Gasteiger partial charge in [-0.25, -0.2) is 13.4 Å². The van der Waals surface area contributed by atoms with Gasteiger partial charge in [-0.1, -0.05) is 11.6 Å². The van der Waals surface area contributed by atoms with Gasteiger partial charge in [0.25, 0.3) is 0 Å². The third kappa shape index (κ3) is 6.96. The van der Waals surface area contributed by atoms with Crippen molar-refractivity contribution in [1.29, 1.82) is 0 Å². The Morgan fingerprint density at radius 2 is 1.94 bits per heavy atom. The molecule has 1 aliphatic heterocycles. The average molecular weight is 507 g/mol. The number of carbonyl (C=O) groups is 1. The van der Waals surface area contributed by atoms with Gasteiger partial charge >= 0.3 is 0 Å². The highest BCUT2D eigenvalue weighted by molar-refractivity contribution is 7.90. The summed E-state index contributed by atoms with van der Waals surface area (Å²) in [6.45, 7) is 2.41. The molecule has 0 bridgehead atoms. The fourth-order valence-electron chi connectivity index (χ4n) is 4.83. The fourth-order valence-corrected chi connectivity index (χ4v) is 6.18. The van der Waals surface area contributed by atoms with Gasteiger partial charge in [-0.15, -0.1) is 0 Å². The molecular weight excluding hydrogens is 476 g/mol. The van der Waals surface area contributed by atoms with Crippen LogP contribution in [0.3, 0.4) is 0 Å². The zero-order valence-electron chi connectivity index (χ0n) is 19.4. The molecule has 4 rings (SSSR count). The number of ketones is 1. The quantitative estimate of drug-likeness (QED) is 0.549. The van der Waals surface area contributed by atoms with Crippen molar-refractivity contribution >= 4 is 33.0 Å². The van der Waals surface area contributed by atoms with Gasteiger partial charge in [0.15, 0.2) is 0 Å². The number of sulfone groups is 1. The first kappa shape index (κ1) is 25.0. The van der Waals surface area contributed by atoms with E-state index in [4.69, 9.17) is 16.3 Å². The van der Waals surface area contributed by atoms with Crippen LogP contribution in [0.5, 0.6) is 0 Å². The Bertz CT molecular complexity index is 1120. The summed E-state index contributed by atoms with van der Waals surface area (Å²) in [7, 11) is -3.03. The summed E-state index contributed by atoms with van der Waals surface area (Å²) in [6, 6.07) is 1.80. The minimum absolute atomic E-state index is 0.0596. The highest BCUT2D eigenvalue weighted by Crippen LogP contribution is 2.33. The first-order valence-electron chi connectivity index (χ1n) is 11.8. The number of nitrogens with one attached hydrogen (secondary N) is 1. The van der Waals surface area contributed by atoms with Crippen LogP contribution in [0.4, 0.5) is 5.82 Å². The topological polar surface area (TPSA) is 111 Å². The van der Waals surface area contributed by atoms with E-state index in [1.54, 1.807) is 24.7 Å². The number of carbonyl (C=O) groups excluding carboxylic acids is 1. The molecule has 184 valence electrons. The van der Waals surface area contributed by atoms with Crippen LogP contribution in [-0.4, -0.2) is 60.9 Å². The number of anilines is 1. The number of hydrogen-bond acceptors (Lipinski definition) is 8. The zero-order valence-corrected chi connectivity index (χ0v) is 20.9. The Labute approximate surface area is 205 Å². The standard InChI is InChI=1S/C24H31ClN4O4S/c1-34(31,32)15-17-2-3-18(8-17)23(30)10-19-9-20(21(25)12-27-19)22-13-26-14-24(29-22)28-11-16-4-6-33-7-5-16/h9,12-14,16-18H,2-8,10-11,15H2,1H3,(H,28,29)/t17-,18+/m1/s1. The number of hydrogen-bond donors (Lipinski definition) is 1. The molecule has 2 aliphatic rings. The summed E-state index contributed by atoms with van der Waals surface area (Å²) in [4.78, 5) is 26.2. The Morgan fingerprint density at radius 1 is 1.15 bits per heavy atom. The van der Waals surface area contributed by atoms with Crippen molar-refractivity contribution in [3.63, 3.8) is 0 Å². The first-order valence-corrected chi connectivity index (χ1v) is 14.2. The molecule has 1 saturated heterocycles. The zero-order chi connectivity index (χ0) is 24.1. The Hall–Kier alpha value is -2.10. The lowest BCUT2D eigenvalue weighted by Gasteiger charge is -2.22. The number of pyridine rings is 1. The molecule has 0 amide bonds. The number of ether oxygens (including phenoxy) is 1. The normalized spacial score (nSPS) is 21.5. The van der Waals surface area contributed by atoms with E-state index in [-0.39, 0.29) is 29.8 Å². The molecule has 34 heavy (non-hydrogen) atoms. The molecule has 0 radical (unpaired) electrons. The second-order valence-electron chi connectivity index (χ2n) is 9.49. The number of nitrogens with zero attached hydrogens (tertiary/aromatic N) is 3. The van der Waals surface area contributed by atoms with Crippen molar-refractivity contribution in [1.82, 2.24) is 15.0 Å². The van der Waals surface area contributed by atoms with Gasteiger partial charge in [0.05, 0.1) is 28.9 Å². The Kier molecular flexibility index (Phi) is 8.16. The largest absolute Gasteiger partial charge is 0.381 e. The number of halogens is 1. The van der Waals surface area contributed by atoms with E-state index in [1.807, 2.05) is 0 Å². The van der Waals surface area contributed by atoms with Crippen LogP contribution in [0.15, 0.2) is 24.7 Å². The van der Waals surface area contributed by atoms with Gasteiger partial charge in [0.1, 0.15) is 21.4 Å². The maximum Gasteiger partial charge on any atom is 0.147 e. The van der Waals surface area contributed by atoms with Crippen molar-refractivity contribution in [3.05, 3.63) is 35.4 Å². The van der Waals surface area contributed by atoms with Crippen LogP contribution in [0, 0.1) is 17.8 Å². The van der Waals surface area contributed by atoms with E-state index in [1.165, 1.54) is 6.26 Å². The van der Waals surface area contributed by atoms with Crippen LogP contribution < -0.4 is 5.32 Å². The molecule has 8 nitrogen and oxygen atoms in total. The monoisotopic (exact) mass is 506 g/mol. The highest BCUT2D eigenvalue weighted by atomic mass is 35.5. The minimum atomic E-state index is -3.03. The van der Waals surface area contributed by atoms with Crippen molar-refractivity contribution in [2.45, 2.75) is 38.5 Å². The molecule has 0 unspecified atom stereocenters. The smallest absolute Gasteiger partial charge is 0.147 e. The second kappa shape index (κ2) is 11.1. The number of aromatic nitrogens is 3. The SMILES string of the molecule is CS(=O)(=O)C[C@@H]1CC[C@H](C(=O)Cc2cc(-c3cncc(NCC4CCOCC4)n3)c(Cl)cn2)C1. The number of rotatable bonds is 9. The predicted molar refractivity (Wildman–Crippen MR) is 132 cm³/mol. The van der Waals surface area contributed by atoms with Gasteiger partial charge < -0.3 is 10.1 Å². The van der Waals surface area contributed by atoms with Gasteiger partial charge in [-0.05, 0) is 50.0 Å². The lowest BCUT2D eigenvalue weighted by molar-refractivity contribution is -0.122.